The summed E-state index contributed by atoms with van der Waals surface area (Å²) < 4.78 is 2.49. The van der Waals surface area contributed by atoms with Gasteiger partial charge in [-0.1, -0.05) is 0 Å². The first kappa shape index (κ1) is 15.9. The van der Waals surface area contributed by atoms with Gasteiger partial charge in [0.25, 0.3) is 0 Å². The summed E-state index contributed by atoms with van der Waals surface area (Å²) in [5.74, 6) is 0. The van der Waals surface area contributed by atoms with Gasteiger partial charge in [-0.15, -0.1) is 0 Å². The second kappa shape index (κ2) is 6.08. The van der Waals surface area contributed by atoms with Crippen molar-refractivity contribution in [1.82, 2.24) is 0 Å². The summed E-state index contributed by atoms with van der Waals surface area (Å²) in [6.45, 7) is 13.9. The molecule has 0 saturated heterocycles. The molecule has 0 amide bonds. The molecule has 1 unspecified atom stereocenters. The molecule has 1 aromatic rings. The van der Waals surface area contributed by atoms with Crippen LogP contribution < -0.4 is 0 Å². The molecule has 0 fully saturated rings. The van der Waals surface area contributed by atoms with Crippen molar-refractivity contribution in [3.8, 4) is 0 Å². The van der Waals surface area contributed by atoms with Gasteiger partial charge in [0, 0.05) is 0 Å². The molecule has 0 spiro atoms. The maximum atomic E-state index is 2.48. The van der Waals surface area contributed by atoms with Crippen LogP contribution in [-0.2, 0) is 0 Å². The number of hydrogen-bond acceptors (Lipinski definition) is 0. The van der Waals surface area contributed by atoms with Gasteiger partial charge in [0.1, 0.15) is 0 Å². The molecule has 108 valence electrons. The average molecular weight is 382 g/mol. The maximum absolute atomic E-state index is 2.48. The van der Waals surface area contributed by atoms with Gasteiger partial charge >= 0.3 is 135 Å². The third kappa shape index (κ3) is 3.57. The van der Waals surface area contributed by atoms with Crippen LogP contribution in [0.25, 0.3) is 6.08 Å². The van der Waals surface area contributed by atoms with Crippen molar-refractivity contribution in [1.29, 1.82) is 0 Å². The van der Waals surface area contributed by atoms with Crippen LogP contribution in [0.2, 0.25) is 0 Å². The van der Waals surface area contributed by atoms with Crippen molar-refractivity contribution in [3.05, 3.63) is 50.2 Å². The van der Waals surface area contributed by atoms with Crippen molar-refractivity contribution in [2.24, 2.45) is 5.41 Å². The van der Waals surface area contributed by atoms with E-state index in [1.165, 1.54) is 17.6 Å². The summed E-state index contributed by atoms with van der Waals surface area (Å²) >= 11 is -0.133. The minimum absolute atomic E-state index is 0.133. The van der Waals surface area contributed by atoms with Gasteiger partial charge in [-0.25, -0.2) is 0 Å². The van der Waals surface area contributed by atoms with Crippen molar-refractivity contribution in [3.63, 3.8) is 0 Å². The number of allylic oxidation sites excluding steroid dienone is 3. The summed E-state index contributed by atoms with van der Waals surface area (Å²) in [7, 11) is 0. The fourth-order valence-corrected chi connectivity index (χ4v) is 6.72. The van der Waals surface area contributed by atoms with Crippen LogP contribution in [0, 0.1) is 5.41 Å². The van der Waals surface area contributed by atoms with E-state index in [1.807, 2.05) is 0 Å². The first-order valence-electron chi connectivity index (χ1n) is 7.40. The molecule has 0 aliphatic carbocycles. The van der Waals surface area contributed by atoms with Gasteiger partial charge in [-0.05, 0) is 0 Å². The Morgan fingerprint density at radius 3 is 2.35 bits per heavy atom. The van der Waals surface area contributed by atoms with Crippen LogP contribution >= 0.6 is 0 Å². The molecule has 1 atom stereocenters. The van der Waals surface area contributed by atoms with Crippen molar-refractivity contribution in [2.45, 2.75) is 51.9 Å². The molecule has 1 aliphatic rings. The fraction of sp³-hybridized carbons (Fsp3) is 0.474. The van der Waals surface area contributed by atoms with E-state index >= 15 is 0 Å². The normalized spacial score (nSPS) is 18.3. The van der Waals surface area contributed by atoms with Gasteiger partial charge in [0.15, 0.2) is 0 Å². The number of benzene rings is 1. The van der Waals surface area contributed by atoms with E-state index in [1.54, 1.807) is 14.8 Å². The van der Waals surface area contributed by atoms with Crippen LogP contribution in [0.4, 0.5) is 0 Å². The van der Waals surface area contributed by atoms with Crippen LogP contribution in [0.15, 0.2) is 39.0 Å². The molecule has 0 nitrogen and oxygen atoms in total. The molecule has 0 aromatic heterocycles. The molecule has 1 aliphatic heterocycles. The summed E-state index contributed by atoms with van der Waals surface area (Å²) in [6.07, 6.45) is 3.72. The molecule has 2 rings (SSSR count). The third-order valence-corrected chi connectivity index (χ3v) is 8.80. The minimum atomic E-state index is -0.133. The van der Waals surface area contributed by atoms with Crippen LogP contribution in [0.5, 0.6) is 0 Å². The zero-order chi connectivity index (χ0) is 14.9. The second-order valence-electron chi connectivity index (χ2n) is 6.98. The topological polar surface area (TPSA) is 0 Å². The Morgan fingerprint density at radius 1 is 1.10 bits per heavy atom. The molecule has 20 heavy (non-hydrogen) atoms. The molecule has 0 bridgehead atoms. The molecule has 0 saturated carbocycles. The van der Waals surface area contributed by atoms with Crippen molar-refractivity contribution in [2.75, 3.05) is 0 Å². The predicted molar refractivity (Wildman–Crippen MR) is 91.0 cm³/mol. The molecule has 1 aromatic carbocycles. The molecule has 1 heterocycles. The Kier molecular flexibility index (Phi) is 4.83. The zero-order valence-electron chi connectivity index (χ0n) is 13.6. The molecular weight excluding hydrogens is 356 g/mol. The van der Waals surface area contributed by atoms with E-state index in [2.05, 4.69) is 71.9 Å². The van der Waals surface area contributed by atoms with E-state index in [0.717, 1.165) is 3.97 Å². The Morgan fingerprint density at radius 2 is 1.75 bits per heavy atom. The second-order valence-corrected chi connectivity index (χ2v) is 10.5. The fourth-order valence-electron chi connectivity index (χ4n) is 2.35. The summed E-state index contributed by atoms with van der Waals surface area (Å²) in [6, 6.07) is 9.01. The van der Waals surface area contributed by atoms with Gasteiger partial charge in [-0.2, -0.15) is 0 Å². The monoisotopic (exact) mass is 384 g/mol. The molecule has 0 N–H and O–H groups in total. The number of hydrogen-bond donors (Lipinski definition) is 0. The van der Waals surface area contributed by atoms with E-state index in [-0.39, 0.29) is 20.9 Å². The van der Waals surface area contributed by atoms with Gasteiger partial charge in [0.2, 0.25) is 0 Å². The zero-order valence-corrected chi connectivity index (χ0v) is 15.9. The van der Waals surface area contributed by atoms with E-state index in [9.17, 15) is 0 Å². The number of rotatable bonds is 2. The van der Waals surface area contributed by atoms with Crippen molar-refractivity contribution >= 4 is 27.0 Å². The van der Waals surface area contributed by atoms with Crippen LogP contribution in [-0.4, -0.2) is 20.9 Å². The van der Waals surface area contributed by atoms with Crippen molar-refractivity contribution < 1.29 is 0 Å². The van der Waals surface area contributed by atoms with E-state index in [0.29, 0.717) is 5.41 Å². The van der Waals surface area contributed by atoms with E-state index < -0.39 is 0 Å². The van der Waals surface area contributed by atoms with Gasteiger partial charge < -0.3 is 0 Å². The molecule has 0 radical (unpaired) electrons. The van der Waals surface area contributed by atoms with Gasteiger partial charge in [-0.3, -0.25) is 0 Å². The van der Waals surface area contributed by atoms with Gasteiger partial charge in [0.05, 0.1) is 0 Å². The van der Waals surface area contributed by atoms with Crippen LogP contribution in [0.3, 0.4) is 0 Å². The molecular formula is C19H26Te. The standard InChI is InChI=1S/C19H26Te/c1-13(2)14(3)11-17-16-10-8-7-9-15(16)12-18(20-17)19(4,5)6/h7-10,12,17H,11H2,1-6H3. The summed E-state index contributed by atoms with van der Waals surface area (Å²) in [4.78, 5) is 0. The Hall–Kier alpha value is -0.510. The summed E-state index contributed by atoms with van der Waals surface area (Å²) in [5.41, 5.74) is 6.43. The Bertz CT molecular complexity index is 551. The Labute approximate surface area is 134 Å². The van der Waals surface area contributed by atoms with Crippen LogP contribution in [0.1, 0.15) is 63.1 Å². The summed E-state index contributed by atoms with van der Waals surface area (Å²) in [5, 5.41) is 0. The SMILES string of the molecule is CC(C)=C(C)CC1[Te]C(C(C)(C)C)=Cc2ccccc21. The Balaban J connectivity index is 2.40. The quantitative estimate of drug-likeness (QED) is 0.463. The number of fused-ring (bicyclic) bond motifs is 1. The third-order valence-electron chi connectivity index (χ3n) is 3.98. The first-order chi connectivity index (χ1) is 9.29. The molecule has 1 heteroatoms. The predicted octanol–water partition coefficient (Wildman–Crippen LogP) is 5.58. The first-order valence-corrected chi connectivity index (χ1v) is 9.91. The van der Waals surface area contributed by atoms with E-state index in [4.69, 9.17) is 0 Å². The average Bonchev–Trinajstić information content (AvgIpc) is 2.37.